The molecule has 0 saturated heterocycles. The van der Waals surface area contributed by atoms with Crippen LogP contribution in [-0.4, -0.2) is 32.1 Å². The molecule has 0 radical (unpaired) electrons. The molecule has 2 aromatic rings. The Morgan fingerprint density at radius 1 is 1.00 bits per heavy atom. The molecule has 0 spiro atoms. The van der Waals surface area contributed by atoms with E-state index in [1.807, 2.05) is 6.07 Å². The first kappa shape index (κ1) is 16.4. The Bertz CT molecular complexity index is 666. The summed E-state index contributed by atoms with van der Waals surface area (Å²) in [6.45, 7) is 2.11. The Labute approximate surface area is 144 Å². The number of rotatable bonds is 4. The molecule has 3 heteroatoms. The highest BCUT2D eigenvalue weighted by Crippen LogP contribution is 2.36. The van der Waals surface area contributed by atoms with E-state index in [0.29, 0.717) is 0 Å². The van der Waals surface area contributed by atoms with E-state index < -0.39 is 0 Å². The number of fused-ring (bicyclic) bond motifs is 2. The second kappa shape index (κ2) is 7.37. The fourth-order valence-corrected chi connectivity index (χ4v) is 3.54. The summed E-state index contributed by atoms with van der Waals surface area (Å²) in [5.41, 5.74) is 5.48. The summed E-state index contributed by atoms with van der Waals surface area (Å²) in [4.78, 5) is 4.72. The van der Waals surface area contributed by atoms with Gasteiger partial charge in [-0.3, -0.25) is 0 Å². The quantitative estimate of drug-likeness (QED) is 0.786. The van der Waals surface area contributed by atoms with Crippen LogP contribution < -0.4 is 4.90 Å². The minimum absolute atomic E-state index is 0.819. The maximum Gasteiger partial charge on any atom is 0.0458 e. The van der Waals surface area contributed by atoms with Crippen LogP contribution in [0.1, 0.15) is 24.0 Å². The first-order valence-electron chi connectivity index (χ1n) is 8.44. The lowest BCUT2D eigenvalue weighted by Crippen LogP contribution is -2.25. The molecule has 0 fully saturated rings. The number of hydrogen-bond acceptors (Lipinski definition) is 2. The maximum atomic E-state index is 6.31. The average Bonchev–Trinajstić information content (AvgIpc) is 2.52. The van der Waals surface area contributed by atoms with Crippen molar-refractivity contribution >= 4 is 23.0 Å². The van der Waals surface area contributed by atoms with Crippen molar-refractivity contribution in [1.82, 2.24) is 4.90 Å². The van der Waals surface area contributed by atoms with Gasteiger partial charge in [0.15, 0.2) is 0 Å². The molecule has 0 saturated carbocycles. The first-order valence-corrected chi connectivity index (χ1v) is 8.81. The fraction of sp³-hybridized carbons (Fsp3) is 0.400. The van der Waals surface area contributed by atoms with E-state index in [2.05, 4.69) is 60.3 Å². The summed E-state index contributed by atoms with van der Waals surface area (Å²) in [6.07, 6.45) is 4.58. The van der Waals surface area contributed by atoms with E-state index in [9.17, 15) is 0 Å². The molecule has 0 amide bonds. The Hall–Kier alpha value is -1.51. The second-order valence-electron chi connectivity index (χ2n) is 6.56. The molecule has 23 heavy (non-hydrogen) atoms. The molecular formula is C20H25ClN2. The van der Waals surface area contributed by atoms with Crippen molar-refractivity contribution in [2.45, 2.75) is 25.7 Å². The highest BCUT2D eigenvalue weighted by atomic mass is 35.5. The molecule has 1 aliphatic heterocycles. The standard InChI is InChI=1S/C20H25ClN2/c1-22(2)13-6-14-23-19-10-4-3-7-16(19)8-5-9-17-11-12-18(21)15-20(17)23/h3-4,7,10-12,15H,5-6,8-9,13-14H2,1-2H3. The van der Waals surface area contributed by atoms with Crippen molar-refractivity contribution in [1.29, 1.82) is 0 Å². The number of nitrogens with zero attached hydrogens (tertiary/aromatic N) is 2. The summed E-state index contributed by atoms with van der Waals surface area (Å²) in [6, 6.07) is 15.2. The highest BCUT2D eigenvalue weighted by molar-refractivity contribution is 6.30. The Balaban J connectivity index is 2.00. The van der Waals surface area contributed by atoms with Gasteiger partial charge in [-0.15, -0.1) is 0 Å². The molecule has 2 nitrogen and oxygen atoms in total. The summed E-state index contributed by atoms with van der Waals surface area (Å²) in [5.74, 6) is 0. The largest absolute Gasteiger partial charge is 0.341 e. The lowest BCUT2D eigenvalue weighted by Gasteiger charge is -2.31. The molecule has 122 valence electrons. The summed E-state index contributed by atoms with van der Waals surface area (Å²) >= 11 is 6.31. The summed E-state index contributed by atoms with van der Waals surface area (Å²) in [7, 11) is 4.26. The molecule has 0 aromatic heterocycles. The highest BCUT2D eigenvalue weighted by Gasteiger charge is 2.19. The molecule has 2 aromatic carbocycles. The molecule has 0 atom stereocenters. The van der Waals surface area contributed by atoms with Gasteiger partial charge in [0, 0.05) is 22.9 Å². The van der Waals surface area contributed by atoms with Crippen LogP contribution in [0.3, 0.4) is 0 Å². The second-order valence-corrected chi connectivity index (χ2v) is 7.00. The van der Waals surface area contributed by atoms with Gasteiger partial charge in [-0.05, 0) is 75.6 Å². The van der Waals surface area contributed by atoms with Crippen molar-refractivity contribution in [3.63, 3.8) is 0 Å². The summed E-state index contributed by atoms with van der Waals surface area (Å²) in [5, 5.41) is 0.819. The van der Waals surface area contributed by atoms with Gasteiger partial charge in [-0.2, -0.15) is 0 Å². The molecular weight excluding hydrogens is 304 g/mol. The van der Waals surface area contributed by atoms with E-state index in [1.165, 1.54) is 28.9 Å². The lowest BCUT2D eigenvalue weighted by atomic mass is 9.97. The van der Waals surface area contributed by atoms with Gasteiger partial charge in [0.1, 0.15) is 0 Å². The van der Waals surface area contributed by atoms with Crippen LogP contribution >= 0.6 is 11.6 Å². The van der Waals surface area contributed by atoms with Gasteiger partial charge < -0.3 is 9.80 Å². The van der Waals surface area contributed by atoms with Gasteiger partial charge in [-0.25, -0.2) is 0 Å². The predicted molar refractivity (Wildman–Crippen MR) is 100 cm³/mol. The molecule has 0 N–H and O–H groups in total. The van der Waals surface area contributed by atoms with Crippen molar-refractivity contribution in [2.75, 3.05) is 32.1 Å². The number of anilines is 2. The predicted octanol–water partition coefficient (Wildman–Crippen LogP) is 4.92. The number of para-hydroxylation sites is 1. The normalized spacial score (nSPS) is 14.2. The van der Waals surface area contributed by atoms with Crippen LogP contribution in [0, 0.1) is 0 Å². The number of hydrogen-bond donors (Lipinski definition) is 0. The average molecular weight is 329 g/mol. The summed E-state index contributed by atoms with van der Waals surface area (Å²) < 4.78 is 0. The fourth-order valence-electron chi connectivity index (χ4n) is 3.37. The zero-order valence-electron chi connectivity index (χ0n) is 14.1. The van der Waals surface area contributed by atoms with Crippen LogP contribution in [0.4, 0.5) is 11.4 Å². The third kappa shape index (κ3) is 3.88. The zero-order valence-corrected chi connectivity index (χ0v) is 14.8. The minimum atomic E-state index is 0.819. The van der Waals surface area contributed by atoms with Gasteiger partial charge in [0.25, 0.3) is 0 Å². The van der Waals surface area contributed by atoms with Crippen LogP contribution in [0.5, 0.6) is 0 Å². The number of aryl methyl sites for hydroxylation is 2. The Kier molecular flexibility index (Phi) is 5.24. The molecule has 3 rings (SSSR count). The topological polar surface area (TPSA) is 6.48 Å². The first-order chi connectivity index (χ1) is 11.1. The van der Waals surface area contributed by atoms with Crippen LogP contribution in [-0.2, 0) is 12.8 Å². The van der Waals surface area contributed by atoms with Crippen molar-refractivity contribution in [2.24, 2.45) is 0 Å². The lowest BCUT2D eigenvalue weighted by molar-refractivity contribution is 0.402. The van der Waals surface area contributed by atoms with Gasteiger partial charge >= 0.3 is 0 Å². The Morgan fingerprint density at radius 2 is 1.74 bits per heavy atom. The molecule has 1 aliphatic rings. The van der Waals surface area contributed by atoms with Crippen molar-refractivity contribution < 1.29 is 0 Å². The molecule has 0 unspecified atom stereocenters. The van der Waals surface area contributed by atoms with E-state index in [1.54, 1.807) is 0 Å². The Morgan fingerprint density at radius 3 is 2.52 bits per heavy atom. The third-order valence-electron chi connectivity index (χ3n) is 4.50. The SMILES string of the molecule is CN(C)CCCN1c2ccccc2CCCc2ccc(Cl)cc21. The van der Waals surface area contributed by atoms with E-state index in [0.717, 1.165) is 37.4 Å². The molecule has 1 heterocycles. The minimum Gasteiger partial charge on any atom is -0.341 e. The van der Waals surface area contributed by atoms with E-state index >= 15 is 0 Å². The van der Waals surface area contributed by atoms with Crippen LogP contribution in [0.15, 0.2) is 42.5 Å². The van der Waals surface area contributed by atoms with Gasteiger partial charge in [-0.1, -0.05) is 35.9 Å². The van der Waals surface area contributed by atoms with Crippen LogP contribution in [0.25, 0.3) is 0 Å². The maximum absolute atomic E-state index is 6.31. The monoisotopic (exact) mass is 328 g/mol. The van der Waals surface area contributed by atoms with Crippen molar-refractivity contribution in [3.8, 4) is 0 Å². The number of benzene rings is 2. The van der Waals surface area contributed by atoms with E-state index in [-0.39, 0.29) is 0 Å². The number of halogens is 1. The van der Waals surface area contributed by atoms with Gasteiger partial charge in [0.05, 0.1) is 0 Å². The van der Waals surface area contributed by atoms with Crippen LogP contribution in [0.2, 0.25) is 5.02 Å². The zero-order chi connectivity index (χ0) is 16.2. The third-order valence-corrected chi connectivity index (χ3v) is 4.73. The van der Waals surface area contributed by atoms with Gasteiger partial charge in [0.2, 0.25) is 0 Å². The van der Waals surface area contributed by atoms with E-state index in [4.69, 9.17) is 11.6 Å². The molecule has 0 aliphatic carbocycles. The van der Waals surface area contributed by atoms with Crippen molar-refractivity contribution in [3.05, 3.63) is 58.6 Å². The smallest absolute Gasteiger partial charge is 0.0458 e. The molecule has 0 bridgehead atoms.